The van der Waals surface area contributed by atoms with Gasteiger partial charge in [0.05, 0.1) is 22.5 Å². The third-order valence-electron chi connectivity index (χ3n) is 4.86. The molecule has 0 saturated heterocycles. The van der Waals surface area contributed by atoms with Crippen LogP contribution in [0, 0.1) is 0 Å². The summed E-state index contributed by atoms with van der Waals surface area (Å²) in [4.78, 5) is 11.0. The number of benzene rings is 3. The fraction of sp³-hybridized carbons (Fsp3) is 0.240. The van der Waals surface area contributed by atoms with Crippen LogP contribution in [0.5, 0.6) is 17.2 Å². The minimum atomic E-state index is -0.880. The van der Waals surface area contributed by atoms with Crippen LogP contribution in [-0.4, -0.2) is 18.2 Å². The van der Waals surface area contributed by atoms with Gasteiger partial charge < -0.3 is 14.6 Å². The van der Waals surface area contributed by atoms with Crippen LogP contribution in [-0.2, 0) is 17.6 Å². The summed E-state index contributed by atoms with van der Waals surface area (Å²) in [6.07, 6.45) is 0.666. The van der Waals surface area contributed by atoms with Crippen LogP contribution in [0.3, 0.4) is 0 Å². The maximum Gasteiger partial charge on any atom is 0.307 e. The lowest BCUT2D eigenvalue weighted by atomic mass is 9.95. The second-order valence-corrected chi connectivity index (χ2v) is 9.29. The van der Waals surface area contributed by atoms with Gasteiger partial charge in [0.15, 0.2) is 5.75 Å². The monoisotopic (exact) mass is 546 g/mol. The van der Waals surface area contributed by atoms with Crippen molar-refractivity contribution in [1.29, 1.82) is 0 Å². The predicted octanol–water partition coefficient (Wildman–Crippen LogP) is 7.35. The average Bonchev–Trinajstić information content (AvgIpc) is 2.70. The van der Waals surface area contributed by atoms with Crippen LogP contribution in [0.2, 0.25) is 0 Å². The van der Waals surface area contributed by atoms with Gasteiger partial charge in [0.1, 0.15) is 11.5 Å². The number of aliphatic carboxylic acids is 1. The largest absolute Gasteiger partial charge is 0.496 e. The van der Waals surface area contributed by atoms with Crippen molar-refractivity contribution in [2.45, 2.75) is 32.6 Å². The summed E-state index contributed by atoms with van der Waals surface area (Å²) in [5.41, 5.74) is 3.99. The van der Waals surface area contributed by atoms with Gasteiger partial charge in [-0.1, -0.05) is 44.2 Å². The Hall–Kier alpha value is -2.31. The SMILES string of the molecule is COc1c(Cc2ccccc2)cc(Oc2c(Br)cc(CC(=O)O)cc2Br)cc1C(C)C. The van der Waals surface area contributed by atoms with E-state index in [4.69, 9.17) is 14.6 Å². The number of rotatable bonds is 8. The Morgan fingerprint density at radius 2 is 1.61 bits per heavy atom. The van der Waals surface area contributed by atoms with Gasteiger partial charge in [-0.3, -0.25) is 4.79 Å². The smallest absolute Gasteiger partial charge is 0.307 e. The third-order valence-corrected chi connectivity index (χ3v) is 6.04. The lowest BCUT2D eigenvalue weighted by Gasteiger charge is -2.19. The molecule has 0 aliphatic rings. The van der Waals surface area contributed by atoms with Crippen molar-refractivity contribution in [3.8, 4) is 17.2 Å². The molecular weight excluding hydrogens is 524 g/mol. The number of ether oxygens (including phenoxy) is 2. The van der Waals surface area contributed by atoms with Gasteiger partial charge in [-0.05, 0) is 73.2 Å². The summed E-state index contributed by atoms with van der Waals surface area (Å²) >= 11 is 7.04. The summed E-state index contributed by atoms with van der Waals surface area (Å²) in [5, 5.41) is 9.06. The number of hydrogen-bond acceptors (Lipinski definition) is 3. The van der Waals surface area contributed by atoms with Crippen molar-refractivity contribution in [1.82, 2.24) is 0 Å². The number of carboxylic acids is 1. The summed E-state index contributed by atoms with van der Waals surface area (Å²) in [7, 11) is 1.70. The molecule has 0 atom stereocenters. The minimum absolute atomic E-state index is 0.0568. The van der Waals surface area contributed by atoms with E-state index in [9.17, 15) is 4.79 Å². The fourth-order valence-corrected chi connectivity index (χ4v) is 4.91. The Kier molecular flexibility index (Phi) is 7.79. The second kappa shape index (κ2) is 10.3. The standard InChI is InChI=1S/C25H24Br2O4/c1-15(2)20-14-19(13-18(24(20)30-3)9-16-7-5-4-6-8-16)31-25-21(26)10-17(11-22(25)27)12-23(28)29/h4-8,10-11,13-15H,9,12H2,1-3H3,(H,28,29). The van der Waals surface area contributed by atoms with E-state index in [0.29, 0.717) is 26.0 Å². The topological polar surface area (TPSA) is 55.8 Å². The van der Waals surface area contributed by atoms with Crippen LogP contribution >= 0.6 is 31.9 Å². The van der Waals surface area contributed by atoms with Crippen molar-refractivity contribution >= 4 is 37.8 Å². The first kappa shape index (κ1) is 23.4. The lowest BCUT2D eigenvalue weighted by Crippen LogP contribution is -2.02. The molecule has 4 nitrogen and oxygen atoms in total. The van der Waals surface area contributed by atoms with Gasteiger partial charge in [0, 0.05) is 17.5 Å². The highest BCUT2D eigenvalue weighted by Gasteiger charge is 2.18. The zero-order chi connectivity index (χ0) is 22.5. The van der Waals surface area contributed by atoms with E-state index in [1.54, 1.807) is 19.2 Å². The fourth-order valence-electron chi connectivity index (χ4n) is 3.47. The third kappa shape index (κ3) is 5.89. The van der Waals surface area contributed by atoms with Gasteiger partial charge in [0.2, 0.25) is 0 Å². The average molecular weight is 548 g/mol. The molecule has 0 radical (unpaired) electrons. The molecule has 3 aromatic rings. The van der Waals surface area contributed by atoms with E-state index in [-0.39, 0.29) is 12.3 Å². The highest BCUT2D eigenvalue weighted by Crippen LogP contribution is 2.41. The molecule has 3 rings (SSSR count). The molecule has 0 unspecified atom stereocenters. The normalized spacial score (nSPS) is 10.9. The zero-order valence-corrected chi connectivity index (χ0v) is 20.8. The molecule has 0 spiro atoms. The van der Waals surface area contributed by atoms with E-state index in [1.165, 1.54) is 5.56 Å². The number of carbonyl (C=O) groups is 1. The van der Waals surface area contributed by atoms with Crippen molar-refractivity contribution in [3.05, 3.63) is 85.8 Å². The first-order valence-electron chi connectivity index (χ1n) is 9.90. The highest BCUT2D eigenvalue weighted by atomic mass is 79.9. The molecule has 0 aromatic heterocycles. The van der Waals surface area contributed by atoms with Crippen molar-refractivity contribution in [2.24, 2.45) is 0 Å². The Morgan fingerprint density at radius 3 is 2.16 bits per heavy atom. The van der Waals surface area contributed by atoms with E-state index in [1.807, 2.05) is 30.3 Å². The van der Waals surface area contributed by atoms with Crippen LogP contribution in [0.4, 0.5) is 0 Å². The Labute approximate surface area is 199 Å². The molecule has 1 N–H and O–H groups in total. The molecular formula is C25H24Br2O4. The number of hydrogen-bond donors (Lipinski definition) is 1. The number of carboxylic acid groups (broad SMARTS) is 1. The van der Waals surface area contributed by atoms with Crippen LogP contribution in [0.15, 0.2) is 63.5 Å². The summed E-state index contributed by atoms with van der Waals surface area (Å²) in [6, 6.07) is 17.8. The van der Waals surface area contributed by atoms with E-state index >= 15 is 0 Å². The maximum atomic E-state index is 11.0. The van der Waals surface area contributed by atoms with E-state index in [2.05, 4.69) is 57.8 Å². The second-order valence-electron chi connectivity index (χ2n) is 7.58. The van der Waals surface area contributed by atoms with E-state index in [0.717, 1.165) is 23.3 Å². The van der Waals surface area contributed by atoms with Crippen molar-refractivity contribution < 1.29 is 19.4 Å². The summed E-state index contributed by atoms with van der Waals surface area (Å²) < 4.78 is 13.4. The molecule has 0 aliphatic heterocycles. The van der Waals surface area contributed by atoms with Gasteiger partial charge in [-0.25, -0.2) is 0 Å². The first-order valence-corrected chi connectivity index (χ1v) is 11.5. The predicted molar refractivity (Wildman–Crippen MR) is 130 cm³/mol. The Bertz CT molecular complexity index is 1060. The van der Waals surface area contributed by atoms with Gasteiger partial charge >= 0.3 is 5.97 Å². The molecule has 0 amide bonds. The zero-order valence-electron chi connectivity index (χ0n) is 17.6. The summed E-state index contributed by atoms with van der Waals surface area (Å²) in [5.74, 6) is 1.54. The molecule has 162 valence electrons. The Morgan fingerprint density at radius 1 is 0.968 bits per heavy atom. The van der Waals surface area contributed by atoms with Gasteiger partial charge in [-0.15, -0.1) is 0 Å². The summed E-state index contributed by atoms with van der Waals surface area (Å²) in [6.45, 7) is 4.25. The van der Waals surface area contributed by atoms with E-state index < -0.39 is 5.97 Å². The minimum Gasteiger partial charge on any atom is -0.496 e. The van der Waals surface area contributed by atoms with Crippen molar-refractivity contribution in [2.75, 3.05) is 7.11 Å². The molecule has 3 aromatic carbocycles. The van der Waals surface area contributed by atoms with Crippen LogP contribution in [0.25, 0.3) is 0 Å². The highest BCUT2D eigenvalue weighted by molar-refractivity contribution is 9.11. The number of methoxy groups -OCH3 is 1. The van der Waals surface area contributed by atoms with Crippen molar-refractivity contribution in [3.63, 3.8) is 0 Å². The van der Waals surface area contributed by atoms with Crippen LogP contribution in [0.1, 0.15) is 42.0 Å². The quantitative estimate of drug-likeness (QED) is 0.320. The molecule has 0 aliphatic carbocycles. The lowest BCUT2D eigenvalue weighted by molar-refractivity contribution is -0.136. The first-order chi connectivity index (χ1) is 14.8. The molecule has 0 heterocycles. The number of halogens is 2. The van der Waals surface area contributed by atoms with Gasteiger partial charge in [-0.2, -0.15) is 0 Å². The molecule has 0 fully saturated rings. The maximum absolute atomic E-state index is 11.0. The molecule has 6 heteroatoms. The van der Waals surface area contributed by atoms with Crippen LogP contribution < -0.4 is 9.47 Å². The molecule has 0 saturated carbocycles. The van der Waals surface area contributed by atoms with Gasteiger partial charge in [0.25, 0.3) is 0 Å². The Balaban J connectivity index is 2.02. The molecule has 31 heavy (non-hydrogen) atoms. The molecule has 0 bridgehead atoms.